The van der Waals surface area contributed by atoms with Crippen LogP contribution in [0, 0.1) is 5.82 Å². The van der Waals surface area contributed by atoms with Crippen LogP contribution in [0.25, 0.3) is 0 Å². The first-order valence-electron chi connectivity index (χ1n) is 6.20. The maximum absolute atomic E-state index is 13.5. The molecular formula is C14H16FN3O. The topological polar surface area (TPSA) is 47.0 Å². The van der Waals surface area contributed by atoms with Crippen molar-refractivity contribution in [1.29, 1.82) is 0 Å². The summed E-state index contributed by atoms with van der Waals surface area (Å²) < 4.78 is 18.9. The molecule has 0 aliphatic carbocycles. The minimum absolute atomic E-state index is 0.0809. The Labute approximate surface area is 111 Å². The predicted octanol–water partition coefficient (Wildman–Crippen LogP) is 3.40. The smallest absolute Gasteiger partial charge is 0.260 e. The highest BCUT2D eigenvalue weighted by Crippen LogP contribution is 2.23. The highest BCUT2D eigenvalue weighted by Gasteiger charge is 2.08. The molecule has 0 radical (unpaired) electrons. The van der Waals surface area contributed by atoms with Gasteiger partial charge in [0.15, 0.2) is 0 Å². The molecule has 1 aromatic carbocycles. The molecule has 0 aliphatic rings. The molecule has 0 unspecified atom stereocenters. The summed E-state index contributed by atoms with van der Waals surface area (Å²) in [5, 5.41) is 2.74. The molecule has 0 aliphatic heterocycles. The van der Waals surface area contributed by atoms with Gasteiger partial charge in [-0.25, -0.2) is 4.98 Å². The van der Waals surface area contributed by atoms with E-state index in [0.29, 0.717) is 11.7 Å². The Hall–Kier alpha value is -2.17. The lowest BCUT2D eigenvalue weighted by atomic mass is 10.1. The van der Waals surface area contributed by atoms with E-state index in [-0.39, 0.29) is 5.88 Å². The number of nitrogens with zero attached hydrogens (tertiary/aromatic N) is 2. The minimum Gasteiger partial charge on any atom is -0.436 e. The lowest BCUT2D eigenvalue weighted by Crippen LogP contribution is -2.00. The SMILES string of the molecule is CCCc1ccc(Oc2nc(NC)ncc2F)cc1. The summed E-state index contributed by atoms with van der Waals surface area (Å²) in [4.78, 5) is 7.69. The van der Waals surface area contributed by atoms with Gasteiger partial charge in [0, 0.05) is 7.05 Å². The third-order valence-corrected chi connectivity index (χ3v) is 2.61. The average Bonchev–Trinajstić information content (AvgIpc) is 2.44. The van der Waals surface area contributed by atoms with Gasteiger partial charge in [-0.1, -0.05) is 25.5 Å². The van der Waals surface area contributed by atoms with Crippen molar-refractivity contribution in [3.05, 3.63) is 41.8 Å². The summed E-state index contributed by atoms with van der Waals surface area (Å²) in [6.45, 7) is 2.12. The van der Waals surface area contributed by atoms with Gasteiger partial charge in [-0.3, -0.25) is 0 Å². The third kappa shape index (κ3) is 3.40. The van der Waals surface area contributed by atoms with Gasteiger partial charge in [0.2, 0.25) is 11.8 Å². The first-order chi connectivity index (χ1) is 9.22. The van der Waals surface area contributed by atoms with Crippen molar-refractivity contribution in [2.24, 2.45) is 0 Å². The monoisotopic (exact) mass is 261 g/mol. The van der Waals surface area contributed by atoms with Crippen molar-refractivity contribution in [2.45, 2.75) is 19.8 Å². The van der Waals surface area contributed by atoms with E-state index < -0.39 is 5.82 Å². The van der Waals surface area contributed by atoms with Gasteiger partial charge in [-0.2, -0.15) is 9.37 Å². The van der Waals surface area contributed by atoms with Gasteiger partial charge in [0.25, 0.3) is 5.88 Å². The van der Waals surface area contributed by atoms with Crippen LogP contribution in [0.4, 0.5) is 10.3 Å². The number of hydrogen-bond donors (Lipinski definition) is 1. The van der Waals surface area contributed by atoms with Crippen LogP contribution in [-0.2, 0) is 6.42 Å². The second-order valence-electron chi connectivity index (χ2n) is 4.09. The fourth-order valence-corrected chi connectivity index (χ4v) is 1.67. The maximum atomic E-state index is 13.5. The molecule has 1 heterocycles. The van der Waals surface area contributed by atoms with E-state index in [1.165, 1.54) is 5.56 Å². The van der Waals surface area contributed by atoms with Crippen LogP contribution in [0.1, 0.15) is 18.9 Å². The van der Waals surface area contributed by atoms with Crippen LogP contribution < -0.4 is 10.1 Å². The highest BCUT2D eigenvalue weighted by atomic mass is 19.1. The third-order valence-electron chi connectivity index (χ3n) is 2.61. The fourth-order valence-electron chi connectivity index (χ4n) is 1.67. The van der Waals surface area contributed by atoms with Gasteiger partial charge in [-0.15, -0.1) is 0 Å². The number of halogens is 1. The Morgan fingerprint density at radius 2 is 2.00 bits per heavy atom. The number of benzene rings is 1. The lowest BCUT2D eigenvalue weighted by molar-refractivity contribution is 0.420. The van der Waals surface area contributed by atoms with Gasteiger partial charge in [0.1, 0.15) is 5.75 Å². The van der Waals surface area contributed by atoms with Crippen molar-refractivity contribution < 1.29 is 9.13 Å². The average molecular weight is 261 g/mol. The lowest BCUT2D eigenvalue weighted by Gasteiger charge is -2.07. The highest BCUT2D eigenvalue weighted by molar-refractivity contribution is 5.33. The quantitative estimate of drug-likeness (QED) is 0.896. The number of nitrogens with one attached hydrogen (secondary N) is 1. The number of ether oxygens (including phenoxy) is 1. The molecule has 2 rings (SSSR count). The first-order valence-corrected chi connectivity index (χ1v) is 6.20. The first kappa shape index (κ1) is 13.3. The van der Waals surface area contributed by atoms with Gasteiger partial charge >= 0.3 is 0 Å². The van der Waals surface area contributed by atoms with E-state index in [1.54, 1.807) is 7.05 Å². The Morgan fingerprint density at radius 1 is 1.26 bits per heavy atom. The Morgan fingerprint density at radius 3 is 2.63 bits per heavy atom. The van der Waals surface area contributed by atoms with E-state index >= 15 is 0 Å². The van der Waals surface area contributed by atoms with Crippen molar-refractivity contribution in [3.63, 3.8) is 0 Å². The van der Waals surface area contributed by atoms with Crippen LogP contribution in [0.2, 0.25) is 0 Å². The molecule has 4 nitrogen and oxygen atoms in total. The molecule has 19 heavy (non-hydrogen) atoms. The summed E-state index contributed by atoms with van der Waals surface area (Å²) in [7, 11) is 1.66. The van der Waals surface area contributed by atoms with Gasteiger partial charge in [-0.05, 0) is 24.1 Å². The molecule has 1 N–H and O–H groups in total. The van der Waals surface area contributed by atoms with Crippen LogP contribution in [0.15, 0.2) is 30.5 Å². The molecule has 5 heteroatoms. The zero-order chi connectivity index (χ0) is 13.7. The second kappa shape index (κ2) is 6.13. The molecule has 0 amide bonds. The van der Waals surface area contributed by atoms with Gasteiger partial charge in [0.05, 0.1) is 6.20 Å². The molecule has 0 bridgehead atoms. The van der Waals surface area contributed by atoms with E-state index in [4.69, 9.17) is 4.74 Å². The standard InChI is InChI=1S/C14H16FN3O/c1-3-4-10-5-7-11(8-6-10)19-13-12(15)9-17-14(16-2)18-13/h5-9H,3-4H2,1-2H3,(H,16,17,18). The molecule has 0 saturated heterocycles. The summed E-state index contributed by atoms with van der Waals surface area (Å²) in [5.74, 6) is 0.206. The van der Waals surface area contributed by atoms with Crippen LogP contribution in [0.3, 0.4) is 0 Å². The number of aromatic nitrogens is 2. The van der Waals surface area contributed by atoms with Crippen molar-refractivity contribution in [2.75, 3.05) is 12.4 Å². The summed E-state index contributed by atoms with van der Waals surface area (Å²) >= 11 is 0. The second-order valence-corrected chi connectivity index (χ2v) is 4.09. The maximum Gasteiger partial charge on any atom is 0.260 e. The summed E-state index contributed by atoms with van der Waals surface area (Å²) in [6, 6.07) is 7.56. The number of anilines is 1. The molecule has 1 aromatic heterocycles. The molecular weight excluding hydrogens is 245 g/mol. The molecule has 100 valence electrons. The number of hydrogen-bond acceptors (Lipinski definition) is 4. The molecule has 0 spiro atoms. The van der Waals surface area contributed by atoms with Crippen molar-refractivity contribution in [3.8, 4) is 11.6 Å². The largest absolute Gasteiger partial charge is 0.436 e. The van der Waals surface area contributed by atoms with Crippen LogP contribution in [0.5, 0.6) is 11.6 Å². The number of aryl methyl sites for hydroxylation is 1. The zero-order valence-electron chi connectivity index (χ0n) is 11.0. The predicted molar refractivity (Wildman–Crippen MR) is 72.0 cm³/mol. The Bertz CT molecular complexity index is 543. The van der Waals surface area contributed by atoms with Crippen molar-refractivity contribution in [1.82, 2.24) is 9.97 Å². The van der Waals surface area contributed by atoms with E-state index in [9.17, 15) is 4.39 Å². The summed E-state index contributed by atoms with van der Waals surface area (Å²) in [6.07, 6.45) is 3.19. The fraction of sp³-hybridized carbons (Fsp3) is 0.286. The van der Waals surface area contributed by atoms with Crippen molar-refractivity contribution >= 4 is 5.95 Å². The minimum atomic E-state index is -0.586. The zero-order valence-corrected chi connectivity index (χ0v) is 11.0. The van der Waals surface area contributed by atoms with E-state index in [2.05, 4.69) is 22.2 Å². The van der Waals surface area contributed by atoms with Crippen LogP contribution in [-0.4, -0.2) is 17.0 Å². The molecule has 2 aromatic rings. The summed E-state index contributed by atoms with van der Waals surface area (Å²) in [5.41, 5.74) is 1.23. The normalized spacial score (nSPS) is 10.3. The molecule has 0 saturated carbocycles. The van der Waals surface area contributed by atoms with Gasteiger partial charge < -0.3 is 10.1 Å². The molecule has 0 atom stereocenters. The van der Waals surface area contributed by atoms with Crippen LogP contribution >= 0.6 is 0 Å². The number of rotatable bonds is 5. The Kier molecular flexibility index (Phi) is 4.28. The van der Waals surface area contributed by atoms with E-state index in [1.807, 2.05) is 24.3 Å². The molecule has 0 fully saturated rings. The Balaban J connectivity index is 2.16. The van der Waals surface area contributed by atoms with E-state index in [0.717, 1.165) is 19.0 Å².